The summed E-state index contributed by atoms with van der Waals surface area (Å²) >= 11 is 16.2. The van der Waals surface area contributed by atoms with Crippen LogP contribution in [0.15, 0.2) is 73.1 Å². The van der Waals surface area contributed by atoms with E-state index in [-0.39, 0.29) is 40.9 Å². The van der Waals surface area contributed by atoms with Gasteiger partial charge in [0.2, 0.25) is 0 Å². The predicted molar refractivity (Wildman–Crippen MR) is 167 cm³/mol. The minimum Gasteiger partial charge on any atom is -0.496 e. The first-order chi connectivity index (χ1) is 20.4. The first kappa shape index (κ1) is 37.0. The Kier molecular flexibility index (Phi) is 15.0. The van der Waals surface area contributed by atoms with Crippen molar-refractivity contribution in [3.05, 3.63) is 115 Å². The molecular formula is C27H25Cl3N6O8. The number of aromatic nitrogens is 2. The molecule has 0 spiro atoms. The third kappa shape index (κ3) is 11.3. The number of ether oxygens (including phenoxy) is 2. The standard InChI is InChI=1S/C13H10ClN3O4.C7H8N2O3.C6H3Cl2NO.CH4/c1-21-9-3-4-10(11(6-9)17(19)20)16-13(18)8-2-5-12(14)15-7-8;1-12-5-2-3-6(8)7(4-5)9(10)11;7-5-2-1-4(3-9-5)6(8)10;/h2-7H,1H3,(H,16,18);2-4H,8H2,1H3;1-3H;1H4. The molecule has 0 radical (unpaired) electrons. The van der Waals surface area contributed by atoms with Crippen molar-refractivity contribution in [2.45, 2.75) is 7.43 Å². The molecule has 0 bridgehead atoms. The van der Waals surface area contributed by atoms with Gasteiger partial charge < -0.3 is 20.5 Å². The molecule has 3 N–H and O–H groups in total. The molecule has 0 aliphatic carbocycles. The highest BCUT2D eigenvalue weighted by Crippen LogP contribution is 2.29. The molecule has 0 saturated heterocycles. The van der Waals surface area contributed by atoms with Crippen LogP contribution < -0.4 is 20.5 Å². The first-order valence-electron chi connectivity index (χ1n) is 11.5. The molecule has 2 aromatic carbocycles. The number of carbonyl (C=O) groups excluding carboxylic acids is 2. The molecule has 14 nitrogen and oxygen atoms in total. The van der Waals surface area contributed by atoms with Crippen molar-refractivity contribution >= 4 is 68.7 Å². The van der Waals surface area contributed by atoms with E-state index in [9.17, 15) is 29.8 Å². The van der Waals surface area contributed by atoms with Crippen LogP contribution in [0.5, 0.6) is 11.5 Å². The smallest absolute Gasteiger partial charge is 0.296 e. The van der Waals surface area contributed by atoms with Crippen molar-refractivity contribution in [3.8, 4) is 11.5 Å². The lowest BCUT2D eigenvalue weighted by molar-refractivity contribution is -0.384. The molecule has 4 rings (SSSR count). The summed E-state index contributed by atoms with van der Waals surface area (Å²) < 4.78 is 9.72. The van der Waals surface area contributed by atoms with Crippen LogP contribution in [0.3, 0.4) is 0 Å². The van der Waals surface area contributed by atoms with Gasteiger partial charge in [0.05, 0.1) is 47.3 Å². The van der Waals surface area contributed by atoms with Gasteiger partial charge in [-0.05, 0) is 60.1 Å². The highest BCUT2D eigenvalue weighted by Gasteiger charge is 2.18. The number of rotatable bonds is 7. The number of carbonyl (C=O) groups is 2. The monoisotopic (exact) mass is 666 g/mol. The highest BCUT2D eigenvalue weighted by molar-refractivity contribution is 6.67. The van der Waals surface area contributed by atoms with E-state index in [0.717, 1.165) is 0 Å². The lowest BCUT2D eigenvalue weighted by Gasteiger charge is -2.07. The number of amides is 1. The molecule has 0 unspecified atom stereocenters. The van der Waals surface area contributed by atoms with Crippen LogP contribution >= 0.6 is 34.8 Å². The number of anilines is 2. The van der Waals surface area contributed by atoms with Gasteiger partial charge in [-0.1, -0.05) is 30.6 Å². The van der Waals surface area contributed by atoms with E-state index in [2.05, 4.69) is 15.3 Å². The molecule has 0 atom stereocenters. The number of halogens is 3. The number of nitrogen functional groups attached to an aromatic ring is 1. The minimum absolute atomic E-state index is 0. The maximum atomic E-state index is 12.0. The molecule has 0 saturated carbocycles. The predicted octanol–water partition coefficient (Wildman–Crippen LogP) is 6.84. The van der Waals surface area contributed by atoms with E-state index >= 15 is 0 Å². The van der Waals surface area contributed by atoms with E-state index in [1.165, 1.54) is 81.2 Å². The van der Waals surface area contributed by atoms with Gasteiger partial charge in [-0.2, -0.15) is 0 Å². The number of methoxy groups -OCH3 is 2. The van der Waals surface area contributed by atoms with Gasteiger partial charge in [0.15, 0.2) is 0 Å². The van der Waals surface area contributed by atoms with Crippen molar-refractivity contribution in [1.29, 1.82) is 0 Å². The fourth-order valence-corrected chi connectivity index (χ4v) is 3.24. The molecule has 0 aliphatic rings. The van der Waals surface area contributed by atoms with Crippen molar-refractivity contribution in [1.82, 2.24) is 9.97 Å². The molecular weight excluding hydrogens is 643 g/mol. The summed E-state index contributed by atoms with van der Waals surface area (Å²) in [6.07, 6.45) is 2.62. The molecule has 0 aliphatic heterocycles. The van der Waals surface area contributed by atoms with Gasteiger partial charge in [-0.15, -0.1) is 0 Å². The average molecular weight is 668 g/mol. The molecule has 2 aromatic heterocycles. The number of hydrogen-bond donors (Lipinski definition) is 2. The van der Waals surface area contributed by atoms with Crippen molar-refractivity contribution < 1.29 is 28.9 Å². The highest BCUT2D eigenvalue weighted by atomic mass is 35.5. The van der Waals surface area contributed by atoms with Crippen LogP contribution in [-0.2, 0) is 0 Å². The SMILES string of the molecule is C.COc1ccc(N)c([N+](=O)[O-])c1.COc1ccc(NC(=O)c2ccc(Cl)nc2)c([N+](=O)[O-])c1.O=C(Cl)c1ccc(Cl)nc1. The lowest BCUT2D eigenvalue weighted by atomic mass is 10.2. The largest absolute Gasteiger partial charge is 0.496 e. The zero-order chi connectivity index (χ0) is 32.1. The van der Waals surface area contributed by atoms with Gasteiger partial charge >= 0.3 is 0 Å². The third-order valence-corrected chi connectivity index (χ3v) is 5.69. The Balaban J connectivity index is 0.000000358. The number of pyridine rings is 2. The van der Waals surface area contributed by atoms with Crippen molar-refractivity contribution in [3.63, 3.8) is 0 Å². The number of nitrogens with one attached hydrogen (secondary N) is 1. The molecule has 17 heteroatoms. The van der Waals surface area contributed by atoms with Crippen molar-refractivity contribution in [2.75, 3.05) is 25.3 Å². The van der Waals surface area contributed by atoms with Crippen LogP contribution in [0.25, 0.3) is 0 Å². The van der Waals surface area contributed by atoms with Crippen LogP contribution in [0.4, 0.5) is 22.7 Å². The van der Waals surface area contributed by atoms with Gasteiger partial charge in [-0.25, -0.2) is 9.97 Å². The number of nitro groups is 2. The molecule has 4 aromatic rings. The average Bonchev–Trinajstić information content (AvgIpc) is 2.98. The van der Waals surface area contributed by atoms with Crippen LogP contribution in [0, 0.1) is 20.2 Å². The quantitative estimate of drug-likeness (QED) is 0.0686. The number of nitrogens with zero attached hydrogens (tertiary/aromatic N) is 4. The Labute approximate surface area is 266 Å². The normalized spacial score (nSPS) is 9.48. The van der Waals surface area contributed by atoms with Crippen LogP contribution in [-0.4, -0.2) is 45.2 Å². The van der Waals surface area contributed by atoms with Crippen LogP contribution in [0.2, 0.25) is 10.3 Å². The molecule has 2 heterocycles. The first-order valence-corrected chi connectivity index (χ1v) is 12.6. The Morgan fingerprint density at radius 2 is 1.27 bits per heavy atom. The molecule has 0 fully saturated rings. The minimum atomic E-state index is -0.599. The fraction of sp³-hybridized carbons (Fsp3) is 0.111. The van der Waals surface area contributed by atoms with E-state index in [1.54, 1.807) is 6.07 Å². The Bertz CT molecular complexity index is 1610. The van der Waals surface area contributed by atoms with Crippen molar-refractivity contribution in [2.24, 2.45) is 0 Å². The van der Waals surface area contributed by atoms with Crippen LogP contribution in [0.1, 0.15) is 28.1 Å². The summed E-state index contributed by atoms with van der Waals surface area (Å²) in [5.41, 5.74) is 5.76. The summed E-state index contributed by atoms with van der Waals surface area (Å²) in [6.45, 7) is 0. The maximum absolute atomic E-state index is 12.0. The number of hydrogen-bond acceptors (Lipinski definition) is 11. The topological polar surface area (TPSA) is 203 Å². The third-order valence-electron chi connectivity index (χ3n) is 5.03. The van der Waals surface area contributed by atoms with Gasteiger partial charge in [0, 0.05) is 12.4 Å². The Morgan fingerprint density at radius 3 is 1.70 bits per heavy atom. The van der Waals surface area contributed by atoms with E-state index < -0.39 is 21.0 Å². The number of nitrogens with two attached hydrogens (primary N) is 1. The summed E-state index contributed by atoms with van der Waals surface area (Å²) in [7, 11) is 2.84. The number of nitro benzene ring substituents is 2. The maximum Gasteiger partial charge on any atom is 0.296 e. The second-order valence-electron chi connectivity index (χ2n) is 7.79. The summed E-state index contributed by atoms with van der Waals surface area (Å²) in [4.78, 5) is 50.1. The molecule has 44 heavy (non-hydrogen) atoms. The Morgan fingerprint density at radius 1 is 0.795 bits per heavy atom. The fourth-order valence-electron chi connectivity index (χ4n) is 2.90. The lowest BCUT2D eigenvalue weighted by Crippen LogP contribution is -2.13. The van der Waals surface area contributed by atoms with E-state index in [1.807, 2.05) is 0 Å². The summed E-state index contributed by atoms with van der Waals surface area (Å²) in [5, 5.41) is 23.9. The summed E-state index contributed by atoms with van der Waals surface area (Å²) in [5.74, 6) is 0.233. The second kappa shape index (κ2) is 17.8. The summed E-state index contributed by atoms with van der Waals surface area (Å²) in [6, 6.07) is 14.4. The zero-order valence-electron chi connectivity index (χ0n) is 22.2. The van der Waals surface area contributed by atoms with E-state index in [0.29, 0.717) is 22.2 Å². The van der Waals surface area contributed by atoms with Gasteiger partial charge in [-0.3, -0.25) is 29.8 Å². The molecule has 1 amide bonds. The number of benzene rings is 2. The molecule has 232 valence electrons. The Hall–Kier alpha value is -5.05. The zero-order valence-corrected chi connectivity index (χ0v) is 24.5. The second-order valence-corrected chi connectivity index (χ2v) is 8.91. The van der Waals surface area contributed by atoms with Gasteiger partial charge in [0.1, 0.15) is 33.2 Å². The van der Waals surface area contributed by atoms with Gasteiger partial charge in [0.25, 0.3) is 22.5 Å². The van der Waals surface area contributed by atoms with E-state index in [4.69, 9.17) is 50.0 Å².